The van der Waals surface area contributed by atoms with Gasteiger partial charge in [0.05, 0.1) is 0 Å². The molecule has 2 heterocycles. The van der Waals surface area contributed by atoms with E-state index in [-0.39, 0.29) is 36.7 Å². The summed E-state index contributed by atoms with van der Waals surface area (Å²) in [5, 5.41) is 5.17. The average molecular weight is 343 g/mol. The molecule has 0 aromatic heterocycles. The molecule has 1 saturated heterocycles. The molecule has 2 atom stereocenters. The van der Waals surface area contributed by atoms with Crippen molar-refractivity contribution in [1.82, 2.24) is 15.5 Å². The van der Waals surface area contributed by atoms with Crippen LogP contribution in [-0.2, 0) is 16.1 Å². The van der Waals surface area contributed by atoms with Crippen LogP contribution in [0.1, 0.15) is 59.4 Å². The molecule has 25 heavy (non-hydrogen) atoms. The maximum absolute atomic E-state index is 12.6. The van der Waals surface area contributed by atoms with Crippen LogP contribution in [0.5, 0.6) is 0 Å². The predicted octanol–water partition coefficient (Wildman–Crippen LogP) is 0.976. The number of amides is 4. The van der Waals surface area contributed by atoms with Gasteiger partial charge in [0.15, 0.2) is 0 Å². The van der Waals surface area contributed by atoms with E-state index in [1.807, 2.05) is 13.8 Å². The Hall–Kier alpha value is -2.70. The number of imide groups is 1. The lowest BCUT2D eigenvalue weighted by atomic mass is 10.0. The molecule has 2 N–H and O–H groups in total. The van der Waals surface area contributed by atoms with E-state index in [0.717, 1.165) is 12.0 Å². The monoisotopic (exact) mass is 343 g/mol. The minimum Gasteiger partial charge on any atom is -0.350 e. The Labute approximate surface area is 145 Å². The van der Waals surface area contributed by atoms with Crippen LogP contribution in [0, 0.1) is 0 Å². The highest BCUT2D eigenvalue weighted by atomic mass is 16.2. The fraction of sp³-hybridized carbons (Fsp3) is 0.444. The van der Waals surface area contributed by atoms with Crippen LogP contribution in [0.2, 0.25) is 0 Å². The fourth-order valence-corrected chi connectivity index (χ4v) is 3.12. The lowest BCUT2D eigenvalue weighted by molar-refractivity contribution is -0.136. The maximum atomic E-state index is 12.6. The van der Waals surface area contributed by atoms with Crippen molar-refractivity contribution >= 4 is 23.6 Å². The van der Waals surface area contributed by atoms with Crippen molar-refractivity contribution in [1.29, 1.82) is 0 Å². The molecule has 4 amide bonds. The van der Waals surface area contributed by atoms with Crippen LogP contribution < -0.4 is 10.6 Å². The number of nitrogens with one attached hydrogen (secondary N) is 2. The highest BCUT2D eigenvalue weighted by Gasteiger charge is 2.39. The van der Waals surface area contributed by atoms with E-state index in [4.69, 9.17) is 0 Å². The molecule has 1 fully saturated rings. The number of benzene rings is 1. The minimum atomic E-state index is -0.644. The molecule has 0 radical (unpaired) electrons. The number of hydrogen-bond acceptors (Lipinski definition) is 4. The molecular formula is C18H21N3O4. The van der Waals surface area contributed by atoms with E-state index in [1.54, 1.807) is 18.2 Å². The molecule has 0 bridgehead atoms. The molecule has 7 heteroatoms. The Morgan fingerprint density at radius 2 is 2.12 bits per heavy atom. The minimum absolute atomic E-state index is 0.0716. The molecule has 1 aromatic rings. The Balaban J connectivity index is 1.78. The van der Waals surface area contributed by atoms with Crippen LogP contribution in [0.4, 0.5) is 0 Å². The molecule has 0 aliphatic carbocycles. The van der Waals surface area contributed by atoms with Gasteiger partial charge in [0.2, 0.25) is 11.8 Å². The quantitative estimate of drug-likeness (QED) is 0.797. The molecule has 132 valence electrons. The topological polar surface area (TPSA) is 95.6 Å². The van der Waals surface area contributed by atoms with Gasteiger partial charge in [0, 0.05) is 30.1 Å². The number of piperidine rings is 1. The Morgan fingerprint density at radius 3 is 2.80 bits per heavy atom. The van der Waals surface area contributed by atoms with Crippen LogP contribution in [0.15, 0.2) is 18.2 Å². The van der Waals surface area contributed by atoms with Gasteiger partial charge >= 0.3 is 0 Å². The van der Waals surface area contributed by atoms with Crippen LogP contribution in [-0.4, -0.2) is 40.6 Å². The van der Waals surface area contributed by atoms with E-state index in [2.05, 4.69) is 10.6 Å². The first-order chi connectivity index (χ1) is 11.9. The second-order valence-corrected chi connectivity index (χ2v) is 6.55. The van der Waals surface area contributed by atoms with E-state index >= 15 is 0 Å². The number of fused-ring (bicyclic) bond motifs is 1. The average Bonchev–Trinajstić information content (AvgIpc) is 2.91. The summed E-state index contributed by atoms with van der Waals surface area (Å²) >= 11 is 0. The Kier molecular flexibility index (Phi) is 4.57. The van der Waals surface area contributed by atoms with E-state index in [1.165, 1.54) is 4.90 Å². The number of carbonyl (C=O) groups excluding carboxylic acids is 4. The first-order valence-corrected chi connectivity index (χ1v) is 8.49. The molecule has 0 saturated carbocycles. The zero-order chi connectivity index (χ0) is 18.1. The van der Waals surface area contributed by atoms with Crippen LogP contribution >= 0.6 is 0 Å². The molecule has 2 aliphatic rings. The zero-order valence-electron chi connectivity index (χ0n) is 14.3. The number of rotatable bonds is 4. The highest BCUT2D eigenvalue weighted by Crippen LogP contribution is 2.28. The summed E-state index contributed by atoms with van der Waals surface area (Å²) in [6.45, 7) is 4.19. The van der Waals surface area contributed by atoms with Gasteiger partial charge in [0.25, 0.3) is 11.8 Å². The molecule has 2 unspecified atom stereocenters. The first-order valence-electron chi connectivity index (χ1n) is 8.49. The highest BCUT2D eigenvalue weighted by molar-refractivity contribution is 6.06. The summed E-state index contributed by atoms with van der Waals surface area (Å²) in [5.74, 6) is -1.16. The second kappa shape index (κ2) is 6.66. The van der Waals surface area contributed by atoms with Gasteiger partial charge in [-0.25, -0.2) is 0 Å². The summed E-state index contributed by atoms with van der Waals surface area (Å²) in [5.41, 5.74) is 1.73. The predicted molar refractivity (Wildman–Crippen MR) is 89.7 cm³/mol. The van der Waals surface area contributed by atoms with E-state index < -0.39 is 11.9 Å². The third kappa shape index (κ3) is 3.26. The van der Waals surface area contributed by atoms with Crippen molar-refractivity contribution in [3.05, 3.63) is 34.9 Å². The molecule has 1 aromatic carbocycles. The largest absolute Gasteiger partial charge is 0.350 e. The van der Waals surface area contributed by atoms with Crippen LogP contribution in [0.3, 0.4) is 0 Å². The van der Waals surface area contributed by atoms with Gasteiger partial charge in [0.1, 0.15) is 6.04 Å². The second-order valence-electron chi connectivity index (χ2n) is 6.55. The van der Waals surface area contributed by atoms with Crippen molar-refractivity contribution < 1.29 is 19.2 Å². The van der Waals surface area contributed by atoms with Crippen molar-refractivity contribution in [2.45, 2.75) is 51.7 Å². The third-order valence-corrected chi connectivity index (χ3v) is 4.78. The molecule has 2 aliphatic heterocycles. The van der Waals surface area contributed by atoms with Crippen molar-refractivity contribution in [2.75, 3.05) is 0 Å². The normalized spacial score (nSPS) is 21.0. The van der Waals surface area contributed by atoms with Gasteiger partial charge in [-0.2, -0.15) is 0 Å². The van der Waals surface area contributed by atoms with Gasteiger partial charge in [-0.3, -0.25) is 24.5 Å². The lowest BCUT2D eigenvalue weighted by Gasteiger charge is -2.29. The summed E-state index contributed by atoms with van der Waals surface area (Å²) in [6, 6.07) is 4.39. The SMILES string of the molecule is CCC(C)NC(=O)c1ccc2c(c1)CN(C1CCC(=O)NC1=O)C2=O. The van der Waals surface area contributed by atoms with E-state index in [0.29, 0.717) is 17.5 Å². The molecular weight excluding hydrogens is 322 g/mol. The first kappa shape index (κ1) is 17.1. The van der Waals surface area contributed by atoms with Crippen LogP contribution in [0.25, 0.3) is 0 Å². The van der Waals surface area contributed by atoms with Gasteiger partial charge in [-0.1, -0.05) is 6.92 Å². The van der Waals surface area contributed by atoms with Gasteiger partial charge in [-0.05, 0) is 43.5 Å². The third-order valence-electron chi connectivity index (χ3n) is 4.78. The Morgan fingerprint density at radius 1 is 1.36 bits per heavy atom. The summed E-state index contributed by atoms with van der Waals surface area (Å²) < 4.78 is 0. The summed E-state index contributed by atoms with van der Waals surface area (Å²) in [6.07, 6.45) is 1.38. The smallest absolute Gasteiger partial charge is 0.255 e. The number of hydrogen-bond donors (Lipinski definition) is 2. The van der Waals surface area contributed by atoms with Crippen molar-refractivity contribution in [2.24, 2.45) is 0 Å². The standard InChI is InChI=1S/C18H21N3O4/c1-3-10(2)19-16(23)11-4-5-13-12(8-11)9-21(18(13)25)14-6-7-15(22)20-17(14)24/h4-5,8,10,14H,3,6-7,9H2,1-2H3,(H,19,23)(H,20,22,24). The van der Waals surface area contributed by atoms with Crippen molar-refractivity contribution in [3.63, 3.8) is 0 Å². The van der Waals surface area contributed by atoms with Gasteiger partial charge in [-0.15, -0.1) is 0 Å². The Bertz CT molecular complexity index is 759. The van der Waals surface area contributed by atoms with Crippen molar-refractivity contribution in [3.8, 4) is 0 Å². The zero-order valence-corrected chi connectivity index (χ0v) is 14.3. The molecule has 3 rings (SSSR count). The number of carbonyl (C=O) groups is 4. The van der Waals surface area contributed by atoms with Gasteiger partial charge < -0.3 is 10.2 Å². The molecule has 7 nitrogen and oxygen atoms in total. The summed E-state index contributed by atoms with van der Waals surface area (Å²) in [4.78, 5) is 49.6. The molecule has 0 spiro atoms. The maximum Gasteiger partial charge on any atom is 0.255 e. The summed E-state index contributed by atoms with van der Waals surface area (Å²) in [7, 11) is 0. The van der Waals surface area contributed by atoms with E-state index in [9.17, 15) is 19.2 Å². The fourth-order valence-electron chi connectivity index (χ4n) is 3.12. The number of nitrogens with zero attached hydrogens (tertiary/aromatic N) is 1. The lowest BCUT2D eigenvalue weighted by Crippen LogP contribution is -2.52.